The molecule has 0 radical (unpaired) electrons. The second-order valence-corrected chi connectivity index (χ2v) is 10.9. The Labute approximate surface area is 210 Å². The second kappa shape index (κ2) is 8.71. The van der Waals surface area contributed by atoms with Crippen LogP contribution < -0.4 is 0 Å². The Bertz CT molecular complexity index is 1330. The van der Waals surface area contributed by atoms with Gasteiger partial charge in [0, 0.05) is 35.3 Å². The number of hydrogen-bond acceptors (Lipinski definition) is 2. The third-order valence-electron chi connectivity index (χ3n) is 7.97. The highest BCUT2D eigenvalue weighted by Crippen LogP contribution is 2.45. The quantitative estimate of drug-likeness (QED) is 0.189. The van der Waals surface area contributed by atoms with Crippen LogP contribution in [0.5, 0.6) is 0 Å². The van der Waals surface area contributed by atoms with Crippen LogP contribution in [0.15, 0.2) is 60.2 Å². The van der Waals surface area contributed by atoms with Crippen LogP contribution in [0.25, 0.3) is 0 Å². The number of aryl methyl sites for hydroxylation is 1. The molecule has 0 spiro atoms. The predicted molar refractivity (Wildman–Crippen MR) is 136 cm³/mol. The van der Waals surface area contributed by atoms with Gasteiger partial charge in [0.25, 0.3) is 5.69 Å². The topological polar surface area (TPSA) is 46.1 Å². The van der Waals surface area contributed by atoms with Crippen LogP contribution in [0.1, 0.15) is 63.3 Å². The second-order valence-electron chi connectivity index (χ2n) is 10.9. The molecule has 0 bridgehead atoms. The molecule has 1 atom stereocenters. The van der Waals surface area contributed by atoms with E-state index in [0.717, 1.165) is 41.4 Å². The first-order valence-corrected chi connectivity index (χ1v) is 12.1. The number of nitrogens with zero attached hydrogens (tertiary/aromatic N) is 2. The lowest BCUT2D eigenvalue weighted by Gasteiger charge is -2.31. The molecule has 0 saturated carbocycles. The van der Waals surface area contributed by atoms with Gasteiger partial charge in [0.1, 0.15) is 7.05 Å². The van der Waals surface area contributed by atoms with Gasteiger partial charge in [-0.15, -0.1) is 0 Å². The van der Waals surface area contributed by atoms with Gasteiger partial charge in [0.2, 0.25) is 5.69 Å². The Balaban J connectivity index is 1.72. The van der Waals surface area contributed by atoms with Gasteiger partial charge in [-0.3, -0.25) is 10.1 Å². The maximum atomic E-state index is 13.3. The molecule has 0 fully saturated rings. The number of hydrogen-bond donors (Lipinski definition) is 0. The highest BCUT2D eigenvalue weighted by atomic mass is 19.4. The lowest BCUT2D eigenvalue weighted by atomic mass is 9.73. The van der Waals surface area contributed by atoms with Crippen LogP contribution in [0, 0.1) is 16.0 Å². The average Bonchev–Trinajstić information content (AvgIpc) is 2.92. The van der Waals surface area contributed by atoms with E-state index in [4.69, 9.17) is 0 Å². The van der Waals surface area contributed by atoms with Gasteiger partial charge in [0.05, 0.1) is 15.9 Å². The molecule has 4 nitrogen and oxygen atoms in total. The van der Waals surface area contributed by atoms with Gasteiger partial charge in [-0.05, 0) is 55.9 Å². The SMILES string of the molecule is CC1CCc2ccc([N+](=O)[O-])cc2C(C)(C)/C1=C\C=C\C1=[N+](C)c2ccc(C(F)(F)F)cc2C1(C)C. The Morgan fingerprint density at radius 2 is 1.75 bits per heavy atom. The van der Waals surface area contributed by atoms with Gasteiger partial charge >= 0.3 is 6.18 Å². The van der Waals surface area contributed by atoms with Gasteiger partial charge in [-0.25, -0.2) is 0 Å². The summed E-state index contributed by atoms with van der Waals surface area (Å²) in [6.07, 6.45) is 3.42. The maximum Gasteiger partial charge on any atom is 0.416 e. The van der Waals surface area contributed by atoms with Gasteiger partial charge in [-0.2, -0.15) is 17.7 Å². The summed E-state index contributed by atoms with van der Waals surface area (Å²) in [6.45, 7) is 10.3. The van der Waals surface area contributed by atoms with Crippen molar-refractivity contribution in [1.82, 2.24) is 0 Å². The lowest BCUT2D eigenvalue weighted by molar-refractivity contribution is -0.401. The summed E-state index contributed by atoms with van der Waals surface area (Å²) in [4.78, 5) is 11.1. The van der Waals surface area contributed by atoms with Crippen molar-refractivity contribution in [2.45, 2.75) is 64.5 Å². The molecule has 4 rings (SSSR count). The molecule has 0 N–H and O–H groups in total. The first-order chi connectivity index (χ1) is 16.7. The number of allylic oxidation sites excluding steroid dienone is 4. The first kappa shape index (κ1) is 25.9. The van der Waals surface area contributed by atoms with Crippen LogP contribution in [-0.4, -0.2) is 22.3 Å². The van der Waals surface area contributed by atoms with Crippen LogP contribution in [0.4, 0.5) is 24.5 Å². The fraction of sp³-hybridized carbons (Fsp3) is 0.414. The Morgan fingerprint density at radius 3 is 2.39 bits per heavy atom. The number of benzene rings is 2. The zero-order valence-electron chi connectivity index (χ0n) is 21.5. The Morgan fingerprint density at radius 1 is 1.06 bits per heavy atom. The minimum atomic E-state index is -4.39. The van der Waals surface area contributed by atoms with Crippen molar-refractivity contribution >= 4 is 17.1 Å². The predicted octanol–water partition coefficient (Wildman–Crippen LogP) is 7.66. The molecule has 0 aromatic heterocycles. The maximum absolute atomic E-state index is 13.3. The van der Waals surface area contributed by atoms with E-state index in [1.165, 1.54) is 11.6 Å². The third-order valence-corrected chi connectivity index (χ3v) is 7.97. The number of fused-ring (bicyclic) bond motifs is 2. The average molecular weight is 498 g/mol. The van der Waals surface area contributed by atoms with Crippen LogP contribution in [0.2, 0.25) is 0 Å². The summed E-state index contributed by atoms with van der Waals surface area (Å²) >= 11 is 0. The van der Waals surface area contributed by atoms with E-state index >= 15 is 0 Å². The highest BCUT2D eigenvalue weighted by molar-refractivity contribution is 6.03. The fourth-order valence-electron chi connectivity index (χ4n) is 5.90. The molecule has 7 heteroatoms. The third kappa shape index (κ3) is 4.29. The molecule has 190 valence electrons. The Kier molecular flexibility index (Phi) is 6.26. The molecule has 1 aliphatic carbocycles. The number of nitro groups is 1. The molecule has 0 amide bonds. The molecule has 2 aromatic carbocycles. The minimum absolute atomic E-state index is 0.0900. The summed E-state index contributed by atoms with van der Waals surface area (Å²) in [5.41, 5.74) is 4.04. The van der Waals surface area contributed by atoms with E-state index in [9.17, 15) is 23.3 Å². The summed E-state index contributed by atoms with van der Waals surface area (Å²) in [5.74, 6) is 0.266. The molecule has 36 heavy (non-hydrogen) atoms. The number of halogens is 3. The van der Waals surface area contributed by atoms with E-state index in [-0.39, 0.29) is 16.5 Å². The molecule has 1 unspecified atom stereocenters. The van der Waals surface area contributed by atoms with E-state index < -0.39 is 22.6 Å². The van der Waals surface area contributed by atoms with E-state index in [1.807, 2.05) is 43.7 Å². The van der Waals surface area contributed by atoms with Crippen molar-refractivity contribution in [3.05, 3.63) is 92.6 Å². The van der Waals surface area contributed by atoms with Crippen LogP contribution in [-0.2, 0) is 23.4 Å². The number of nitro benzene ring substituents is 1. The smallest absolute Gasteiger partial charge is 0.258 e. The molecule has 0 saturated heterocycles. The molecule has 2 aliphatic rings. The van der Waals surface area contributed by atoms with Crippen molar-refractivity contribution in [3.63, 3.8) is 0 Å². The Hall–Kier alpha value is -3.22. The lowest BCUT2D eigenvalue weighted by Crippen LogP contribution is -2.27. The largest absolute Gasteiger partial charge is 0.416 e. The molecular weight excluding hydrogens is 465 g/mol. The zero-order chi connectivity index (χ0) is 26.6. The number of rotatable bonds is 3. The van der Waals surface area contributed by atoms with Gasteiger partial charge in [-0.1, -0.05) is 44.6 Å². The fourth-order valence-corrected chi connectivity index (χ4v) is 5.90. The van der Waals surface area contributed by atoms with Crippen molar-refractivity contribution < 1.29 is 22.7 Å². The molecule has 1 aliphatic heterocycles. The molecule has 2 aromatic rings. The highest BCUT2D eigenvalue weighted by Gasteiger charge is 2.45. The van der Waals surface area contributed by atoms with Crippen LogP contribution in [0.3, 0.4) is 0 Å². The molecule has 1 heterocycles. The summed E-state index contributed by atoms with van der Waals surface area (Å²) in [5, 5.41) is 11.4. The van der Waals surface area contributed by atoms with Crippen molar-refractivity contribution in [3.8, 4) is 0 Å². The normalized spacial score (nSPS) is 22.0. The van der Waals surface area contributed by atoms with Gasteiger partial charge in [0.15, 0.2) is 5.71 Å². The first-order valence-electron chi connectivity index (χ1n) is 12.1. The summed E-state index contributed by atoms with van der Waals surface area (Å²) < 4.78 is 42.0. The van der Waals surface area contributed by atoms with Crippen molar-refractivity contribution in [2.75, 3.05) is 7.05 Å². The van der Waals surface area contributed by atoms with Crippen molar-refractivity contribution in [1.29, 1.82) is 0 Å². The van der Waals surface area contributed by atoms with Crippen molar-refractivity contribution in [2.24, 2.45) is 5.92 Å². The minimum Gasteiger partial charge on any atom is -0.258 e. The van der Waals surface area contributed by atoms with Gasteiger partial charge < -0.3 is 0 Å². The number of alkyl halides is 3. The number of non-ortho nitro benzene ring substituents is 1. The summed E-state index contributed by atoms with van der Waals surface area (Å²) in [7, 11) is 1.88. The summed E-state index contributed by atoms with van der Waals surface area (Å²) in [6, 6.07) is 9.07. The van der Waals surface area contributed by atoms with E-state index in [1.54, 1.807) is 18.2 Å². The standard InChI is InChI=1S/C29H32F3N2O2/c1-18-10-11-19-12-14-21(34(35)36)17-23(19)27(2,3)22(18)8-7-9-26-28(4,5)24-16-20(29(30,31)32)13-15-25(24)33(26)6/h7-9,12-18H,10-11H2,1-6H3/q+1/b9-7+,22-8-. The van der Waals surface area contributed by atoms with E-state index in [2.05, 4.69) is 26.8 Å². The molecular formula is C29H32F3N2O2+. The monoisotopic (exact) mass is 497 g/mol. The van der Waals surface area contributed by atoms with Crippen LogP contribution >= 0.6 is 0 Å². The van der Waals surface area contributed by atoms with E-state index in [0.29, 0.717) is 5.56 Å². The zero-order valence-corrected chi connectivity index (χ0v) is 21.5.